The van der Waals surface area contributed by atoms with Gasteiger partial charge >= 0.3 is 6.01 Å². The number of anilines is 1. The van der Waals surface area contributed by atoms with Crippen LogP contribution in [0, 0.1) is 5.82 Å². The molecule has 12 heteroatoms. The molecule has 0 radical (unpaired) electrons. The Hall–Kier alpha value is -4.71. The second-order valence-corrected chi connectivity index (χ2v) is 7.35. The van der Waals surface area contributed by atoms with E-state index in [1.54, 1.807) is 29.8 Å². The molecule has 0 aliphatic carbocycles. The van der Waals surface area contributed by atoms with E-state index < -0.39 is 5.91 Å². The normalized spacial score (nSPS) is 11.3. The molecule has 180 valence electrons. The van der Waals surface area contributed by atoms with Crippen molar-refractivity contribution < 1.29 is 18.7 Å². The van der Waals surface area contributed by atoms with E-state index in [0.29, 0.717) is 28.3 Å². The second kappa shape index (κ2) is 10.5. The zero-order valence-corrected chi connectivity index (χ0v) is 18.8. The molecule has 2 aromatic carbocycles. The van der Waals surface area contributed by atoms with Gasteiger partial charge in [-0.1, -0.05) is 18.2 Å². The minimum absolute atomic E-state index is 0.0469. The van der Waals surface area contributed by atoms with E-state index in [1.807, 2.05) is 24.3 Å². The van der Waals surface area contributed by atoms with Crippen LogP contribution in [0.3, 0.4) is 0 Å². The van der Waals surface area contributed by atoms with Crippen LogP contribution in [-0.2, 0) is 11.4 Å². The predicted octanol–water partition coefficient (Wildman–Crippen LogP) is 2.05. The molecule has 2 aromatic heterocycles. The molecule has 0 spiro atoms. The summed E-state index contributed by atoms with van der Waals surface area (Å²) in [4.78, 5) is 21.1. The average molecular weight is 478 g/mol. The number of amides is 1. The lowest BCUT2D eigenvalue weighted by atomic mass is 10.3. The van der Waals surface area contributed by atoms with Crippen molar-refractivity contribution in [3.05, 3.63) is 78.2 Å². The van der Waals surface area contributed by atoms with Crippen LogP contribution in [0.15, 0.2) is 71.8 Å². The third-order valence-corrected chi connectivity index (χ3v) is 4.77. The number of rotatable bonds is 7. The maximum absolute atomic E-state index is 13.0. The number of pyridine rings is 1. The van der Waals surface area contributed by atoms with Gasteiger partial charge in [0.05, 0.1) is 16.7 Å². The van der Waals surface area contributed by atoms with E-state index in [1.165, 1.54) is 29.3 Å². The van der Waals surface area contributed by atoms with Crippen molar-refractivity contribution in [3.8, 4) is 11.8 Å². The summed E-state index contributed by atoms with van der Waals surface area (Å²) in [7, 11) is 1.59. The van der Waals surface area contributed by atoms with Gasteiger partial charge in [-0.3, -0.25) is 9.80 Å². The van der Waals surface area contributed by atoms with Crippen LogP contribution in [0.2, 0.25) is 0 Å². The molecule has 1 amide bonds. The van der Waals surface area contributed by atoms with Crippen LogP contribution in [0.4, 0.5) is 10.2 Å². The van der Waals surface area contributed by atoms with Gasteiger partial charge < -0.3 is 20.6 Å². The number of nitrogens with two attached hydrogens (primary N) is 2. The molecule has 0 bridgehead atoms. The zero-order valence-electron chi connectivity index (χ0n) is 18.8. The smallest absolute Gasteiger partial charge is 0.304 e. The second-order valence-electron chi connectivity index (χ2n) is 7.35. The standard InChI is InChI=1S/C23H23FN8O3/c1-31(26)22(30-25)32-19-7-3-2-6-18(19)28-23(32)35-13-16-5-4-8-20(27-16)29-21(33)14-34-17-11-9-15(24)10-12-17/h2-12H,13-14,25-26H2,1H3,(H,27,29,33)/b30-22+. The van der Waals surface area contributed by atoms with Gasteiger partial charge in [0.2, 0.25) is 5.96 Å². The van der Waals surface area contributed by atoms with Gasteiger partial charge in [0, 0.05) is 7.05 Å². The number of hydrogen-bond acceptors (Lipinski definition) is 8. The highest BCUT2D eigenvalue weighted by atomic mass is 19.1. The SMILES string of the molecule is CN(N)/C(=N\N)n1c(OCc2cccc(NC(=O)COc3ccc(F)cc3)n2)nc2ccccc21. The summed E-state index contributed by atoms with van der Waals surface area (Å²) in [6.45, 7) is -0.211. The number of para-hydroxylation sites is 2. The monoisotopic (exact) mass is 478 g/mol. The van der Waals surface area contributed by atoms with Crippen molar-refractivity contribution in [2.24, 2.45) is 16.8 Å². The van der Waals surface area contributed by atoms with Gasteiger partial charge in [-0.2, -0.15) is 4.98 Å². The van der Waals surface area contributed by atoms with Gasteiger partial charge in [0.25, 0.3) is 5.91 Å². The maximum atomic E-state index is 13.0. The van der Waals surface area contributed by atoms with Crippen LogP contribution < -0.4 is 26.5 Å². The van der Waals surface area contributed by atoms with E-state index in [2.05, 4.69) is 20.4 Å². The van der Waals surface area contributed by atoms with E-state index in [0.717, 1.165) is 0 Å². The summed E-state index contributed by atoms with van der Waals surface area (Å²) in [6.07, 6.45) is 0. The highest BCUT2D eigenvalue weighted by Crippen LogP contribution is 2.22. The Morgan fingerprint density at radius 3 is 2.60 bits per heavy atom. The molecular formula is C23H23FN8O3. The summed E-state index contributed by atoms with van der Waals surface area (Å²) in [6, 6.07) is 18.1. The van der Waals surface area contributed by atoms with E-state index >= 15 is 0 Å². The number of hydrazine groups is 1. The Labute approximate surface area is 199 Å². The topological polar surface area (TPSA) is 146 Å². The fourth-order valence-electron chi connectivity index (χ4n) is 3.23. The van der Waals surface area contributed by atoms with Crippen LogP contribution in [-0.4, -0.2) is 45.1 Å². The zero-order chi connectivity index (χ0) is 24.8. The number of hydrazone groups is 1. The first-order valence-corrected chi connectivity index (χ1v) is 10.5. The van der Waals surface area contributed by atoms with Gasteiger partial charge in [-0.25, -0.2) is 19.8 Å². The largest absolute Gasteiger partial charge is 0.484 e. The molecule has 11 nitrogen and oxygen atoms in total. The van der Waals surface area contributed by atoms with Crippen molar-refractivity contribution in [3.63, 3.8) is 0 Å². The third kappa shape index (κ3) is 5.62. The molecule has 35 heavy (non-hydrogen) atoms. The number of ether oxygens (including phenoxy) is 2. The van der Waals surface area contributed by atoms with Crippen LogP contribution in [0.1, 0.15) is 5.69 Å². The quantitative estimate of drug-likeness (QED) is 0.158. The van der Waals surface area contributed by atoms with E-state index in [4.69, 9.17) is 21.2 Å². The number of nitrogens with one attached hydrogen (secondary N) is 1. The first kappa shape index (κ1) is 23.4. The molecule has 0 atom stereocenters. The van der Waals surface area contributed by atoms with Gasteiger partial charge in [-0.15, -0.1) is 5.10 Å². The van der Waals surface area contributed by atoms with Crippen molar-refractivity contribution >= 4 is 28.7 Å². The first-order chi connectivity index (χ1) is 16.9. The Kier molecular flexibility index (Phi) is 7.02. The summed E-state index contributed by atoms with van der Waals surface area (Å²) in [5.41, 5.74) is 1.91. The van der Waals surface area contributed by atoms with Crippen molar-refractivity contribution in [1.82, 2.24) is 19.5 Å². The molecule has 4 aromatic rings. The lowest BCUT2D eigenvalue weighted by molar-refractivity contribution is -0.118. The van der Waals surface area contributed by atoms with E-state index in [-0.39, 0.29) is 31.0 Å². The van der Waals surface area contributed by atoms with Gasteiger partial charge in [-0.05, 0) is 48.5 Å². The number of carbonyl (C=O) groups excluding carboxylic acids is 1. The lowest BCUT2D eigenvalue weighted by Crippen LogP contribution is -2.39. The summed E-state index contributed by atoms with van der Waals surface area (Å²) in [5, 5.41) is 7.66. The minimum Gasteiger partial charge on any atom is -0.484 e. The minimum atomic E-state index is -0.420. The van der Waals surface area contributed by atoms with Crippen LogP contribution in [0.5, 0.6) is 11.8 Å². The fraction of sp³-hybridized carbons (Fsp3) is 0.130. The number of carbonyl (C=O) groups is 1. The molecule has 0 saturated carbocycles. The highest BCUT2D eigenvalue weighted by molar-refractivity contribution is 5.93. The third-order valence-electron chi connectivity index (χ3n) is 4.77. The number of fused-ring (bicyclic) bond motifs is 1. The van der Waals surface area contributed by atoms with Crippen molar-refractivity contribution in [1.29, 1.82) is 0 Å². The molecule has 4 rings (SSSR count). The molecular weight excluding hydrogens is 455 g/mol. The summed E-state index contributed by atoms with van der Waals surface area (Å²) >= 11 is 0. The van der Waals surface area contributed by atoms with Gasteiger partial charge in [0.15, 0.2) is 6.61 Å². The Morgan fingerprint density at radius 2 is 1.86 bits per heavy atom. The summed E-state index contributed by atoms with van der Waals surface area (Å²) in [5.74, 6) is 11.5. The molecule has 0 saturated heterocycles. The highest BCUT2D eigenvalue weighted by Gasteiger charge is 2.19. The van der Waals surface area contributed by atoms with Crippen LogP contribution in [0.25, 0.3) is 11.0 Å². The number of imidazole rings is 1. The lowest BCUT2D eigenvalue weighted by Gasteiger charge is -2.17. The number of aromatic nitrogens is 3. The van der Waals surface area contributed by atoms with E-state index in [9.17, 15) is 9.18 Å². The maximum Gasteiger partial charge on any atom is 0.304 e. The number of benzene rings is 2. The molecule has 5 N–H and O–H groups in total. The molecule has 0 aliphatic rings. The first-order valence-electron chi connectivity index (χ1n) is 10.5. The van der Waals surface area contributed by atoms with Crippen LogP contribution >= 0.6 is 0 Å². The Bertz CT molecular complexity index is 1350. The molecule has 0 aliphatic heterocycles. The van der Waals surface area contributed by atoms with Crippen molar-refractivity contribution in [2.45, 2.75) is 6.61 Å². The van der Waals surface area contributed by atoms with Gasteiger partial charge in [0.1, 0.15) is 24.0 Å². The number of halogens is 1. The summed E-state index contributed by atoms with van der Waals surface area (Å²) < 4.78 is 25.8. The Morgan fingerprint density at radius 1 is 1.09 bits per heavy atom. The fourth-order valence-corrected chi connectivity index (χ4v) is 3.23. The Balaban J connectivity index is 1.44. The number of nitrogens with zero attached hydrogens (tertiary/aromatic N) is 5. The van der Waals surface area contributed by atoms with Crippen molar-refractivity contribution in [2.75, 3.05) is 19.0 Å². The molecule has 2 heterocycles. The molecule has 0 unspecified atom stereocenters. The average Bonchev–Trinajstić information content (AvgIpc) is 3.21. The predicted molar refractivity (Wildman–Crippen MR) is 128 cm³/mol. The molecule has 0 fully saturated rings. The number of hydrogen-bond donors (Lipinski definition) is 3.